The second-order valence-corrected chi connectivity index (χ2v) is 16.7. The molecule has 0 bridgehead atoms. The van der Waals surface area contributed by atoms with Gasteiger partial charge in [-0.15, -0.1) is 5.01 Å². The van der Waals surface area contributed by atoms with E-state index in [4.69, 9.17) is 9.72 Å². The number of aromatic amines is 1. The number of rotatable bonds is 11. The zero-order valence-electron chi connectivity index (χ0n) is 33.5. The lowest BCUT2D eigenvalue weighted by Crippen LogP contribution is -2.69. The molecule has 4 aromatic rings. The lowest BCUT2D eigenvalue weighted by atomic mass is 9.75. The summed E-state index contributed by atoms with van der Waals surface area (Å²) in [6.07, 6.45) is 3.52. The first-order chi connectivity index (χ1) is 27.7. The van der Waals surface area contributed by atoms with Crippen LogP contribution in [0.2, 0.25) is 0 Å². The minimum absolute atomic E-state index is 0.0680. The highest BCUT2D eigenvalue weighted by Crippen LogP contribution is 2.40. The summed E-state index contributed by atoms with van der Waals surface area (Å²) in [6.45, 7) is 7.73. The molecule has 3 heterocycles. The minimum atomic E-state index is -1.67. The zero-order valence-corrected chi connectivity index (χ0v) is 33.5. The van der Waals surface area contributed by atoms with Crippen molar-refractivity contribution in [3.8, 4) is 11.3 Å². The van der Waals surface area contributed by atoms with E-state index in [1.807, 2.05) is 54.7 Å². The molecule has 2 aliphatic heterocycles. The monoisotopic (exact) mass is 791 g/mol. The third-order valence-electron chi connectivity index (χ3n) is 11.7. The maximum atomic E-state index is 14.1. The van der Waals surface area contributed by atoms with Gasteiger partial charge < -0.3 is 35.2 Å². The molecular weight excluding hydrogens is 739 g/mol. The Morgan fingerprint density at radius 3 is 2.19 bits per heavy atom. The maximum absolute atomic E-state index is 14.1. The number of hydroxylamine groups is 2. The topological polar surface area (TPSA) is 180 Å². The number of hydrogen-bond acceptors (Lipinski definition) is 9. The van der Waals surface area contributed by atoms with Crippen LogP contribution in [0.4, 0.5) is 9.59 Å². The average Bonchev–Trinajstić information content (AvgIpc) is 3.99. The molecule has 4 N–H and O–H groups in total. The first-order valence-corrected chi connectivity index (χ1v) is 20.2. The van der Waals surface area contributed by atoms with Gasteiger partial charge in [-0.1, -0.05) is 89.7 Å². The molecular formula is C44H53N7O7. The van der Waals surface area contributed by atoms with Crippen LogP contribution in [-0.4, -0.2) is 84.6 Å². The van der Waals surface area contributed by atoms with E-state index in [9.17, 15) is 29.5 Å². The summed E-state index contributed by atoms with van der Waals surface area (Å²) in [4.78, 5) is 62.9. The molecule has 14 heteroatoms. The molecule has 5 unspecified atom stereocenters. The fraction of sp³-hybridized carbons (Fsp3) is 0.432. The Bertz CT molecular complexity index is 2080. The van der Waals surface area contributed by atoms with Gasteiger partial charge in [0.25, 0.3) is 5.91 Å². The maximum Gasteiger partial charge on any atom is 0.408 e. The number of nitrogens with zero attached hydrogens (tertiary/aromatic N) is 4. The predicted octanol–water partition coefficient (Wildman–Crippen LogP) is 6.06. The van der Waals surface area contributed by atoms with E-state index in [1.54, 1.807) is 56.9 Å². The number of carbonyl (C=O) groups excluding carboxylic acids is 4. The van der Waals surface area contributed by atoms with Crippen LogP contribution in [0.3, 0.4) is 0 Å². The Morgan fingerprint density at radius 2 is 1.55 bits per heavy atom. The Morgan fingerprint density at radius 1 is 0.914 bits per heavy atom. The molecule has 14 nitrogen and oxygen atoms in total. The van der Waals surface area contributed by atoms with Gasteiger partial charge >= 0.3 is 12.2 Å². The third-order valence-corrected chi connectivity index (χ3v) is 11.7. The molecule has 2 saturated heterocycles. The highest BCUT2D eigenvalue weighted by Gasteiger charge is 2.52. The van der Waals surface area contributed by atoms with E-state index in [-0.39, 0.29) is 36.4 Å². The second kappa shape index (κ2) is 16.7. The van der Waals surface area contributed by atoms with Crippen LogP contribution >= 0.6 is 0 Å². The van der Waals surface area contributed by atoms with Crippen LogP contribution in [0.25, 0.3) is 11.3 Å². The summed E-state index contributed by atoms with van der Waals surface area (Å²) in [6, 6.07) is 23.3. The van der Waals surface area contributed by atoms with Crippen LogP contribution in [0.15, 0.2) is 91.1 Å². The van der Waals surface area contributed by atoms with Crippen LogP contribution in [0, 0.1) is 0 Å². The first kappa shape index (κ1) is 40.6. The van der Waals surface area contributed by atoms with Gasteiger partial charge in [-0.05, 0) is 83.3 Å². The van der Waals surface area contributed by atoms with Crippen molar-refractivity contribution < 1.29 is 39.0 Å². The molecule has 306 valence electrons. The van der Waals surface area contributed by atoms with Crippen LogP contribution in [0.5, 0.6) is 0 Å². The summed E-state index contributed by atoms with van der Waals surface area (Å²) in [5.41, 5.74) is 3.39. The largest absolute Gasteiger partial charge is 0.494 e. The fourth-order valence-electron chi connectivity index (χ4n) is 8.53. The number of quaternary nitrogens is 1. The van der Waals surface area contributed by atoms with Crippen LogP contribution in [0.1, 0.15) is 113 Å². The minimum Gasteiger partial charge on any atom is -0.494 e. The number of amides is 4. The number of imidazole rings is 1. The molecule has 3 aromatic carbocycles. The standard InChI is InChI=1S/C44H53N7O7/c1-28(29-13-7-5-8-14-29)51(57,43(55)56)50-24-12-18-37(50)40(52)46-34-25-33(26-34)30-19-21-31(22-20-30)35-27-45-39(47-35)36-17-11-23-49(36)41(53)38(32-15-9-6-10-16-32)48-42(54)58-44(2,3)4/h5-10,13-16,19-22,27-28,33-34,36-38,57H,11-12,17-18,23-26H2,1-4H3,(H3-,45,46,47,48,52,54,55,56). The lowest BCUT2D eigenvalue weighted by molar-refractivity contribution is -1.16. The van der Waals surface area contributed by atoms with Crippen LogP contribution in [-0.2, 0) is 14.3 Å². The summed E-state index contributed by atoms with van der Waals surface area (Å²) < 4.78 is 4.01. The summed E-state index contributed by atoms with van der Waals surface area (Å²) in [5.74, 6) is 0.404. The number of ether oxygens (including phenoxy) is 1. The molecule has 3 fully saturated rings. The molecule has 1 saturated carbocycles. The van der Waals surface area contributed by atoms with E-state index in [1.165, 1.54) is 5.01 Å². The molecule has 1 aromatic heterocycles. The molecule has 7 rings (SSSR count). The van der Waals surface area contributed by atoms with Crippen molar-refractivity contribution in [3.63, 3.8) is 0 Å². The van der Waals surface area contributed by atoms with Crippen molar-refractivity contribution >= 4 is 24.0 Å². The smallest absolute Gasteiger partial charge is 0.408 e. The number of hydrogen-bond donors (Lipinski definition) is 4. The Kier molecular flexibility index (Phi) is 11.7. The SMILES string of the molecule is CC(c1ccccc1)[N+](O)(C(=O)[O-])N1CCCC1C(=O)NC1CC(c2ccc(-c3c[nH]c(C4CCCN4C(=O)C(NC(=O)OC(C)(C)C)c4ccccc4)n3)cc2)C1. The van der Waals surface area contributed by atoms with Gasteiger partial charge in [-0.3, -0.25) is 9.59 Å². The average molecular weight is 792 g/mol. The van der Waals surface area contributed by atoms with Gasteiger partial charge in [0, 0.05) is 29.9 Å². The van der Waals surface area contributed by atoms with Crippen molar-refractivity contribution in [2.24, 2.45) is 0 Å². The number of nitrogens with one attached hydrogen (secondary N) is 3. The highest BCUT2D eigenvalue weighted by molar-refractivity contribution is 5.87. The van der Waals surface area contributed by atoms with Gasteiger partial charge in [0.1, 0.15) is 23.5 Å². The molecule has 0 radical (unpaired) electrons. The Hall–Kier alpha value is -5.57. The number of likely N-dealkylation sites (tertiary alicyclic amines) is 1. The molecule has 58 heavy (non-hydrogen) atoms. The number of carbonyl (C=O) groups is 4. The Balaban J connectivity index is 0.958. The molecule has 1 aliphatic carbocycles. The quantitative estimate of drug-likeness (QED) is 0.0799. The summed E-state index contributed by atoms with van der Waals surface area (Å²) in [5, 5.41) is 31.2. The van der Waals surface area contributed by atoms with E-state index < -0.39 is 40.7 Å². The molecule has 3 aliphatic rings. The third kappa shape index (κ3) is 8.50. The number of benzene rings is 3. The second-order valence-electron chi connectivity index (χ2n) is 16.7. The number of carboxylic acid groups (broad SMARTS) is 1. The van der Waals surface area contributed by atoms with Crippen molar-refractivity contribution in [2.75, 3.05) is 13.1 Å². The molecule has 0 spiro atoms. The van der Waals surface area contributed by atoms with Crippen molar-refractivity contribution in [1.82, 2.24) is 30.5 Å². The molecule has 4 amide bonds. The lowest BCUT2D eigenvalue weighted by Gasteiger charge is -2.43. The molecule has 5 atom stereocenters. The van der Waals surface area contributed by atoms with Crippen molar-refractivity contribution in [2.45, 2.75) is 108 Å². The van der Waals surface area contributed by atoms with E-state index in [2.05, 4.69) is 27.8 Å². The van der Waals surface area contributed by atoms with Crippen molar-refractivity contribution in [1.29, 1.82) is 0 Å². The van der Waals surface area contributed by atoms with Gasteiger partial charge in [0.05, 0.1) is 18.3 Å². The van der Waals surface area contributed by atoms with E-state index in [0.29, 0.717) is 36.3 Å². The fourth-order valence-corrected chi connectivity index (χ4v) is 8.53. The van der Waals surface area contributed by atoms with E-state index in [0.717, 1.165) is 42.5 Å². The highest BCUT2D eigenvalue weighted by atomic mass is 16.7. The van der Waals surface area contributed by atoms with Gasteiger partial charge in [0.2, 0.25) is 5.91 Å². The predicted molar refractivity (Wildman–Crippen MR) is 212 cm³/mol. The number of alkyl carbamates (subject to hydrolysis) is 1. The first-order valence-electron chi connectivity index (χ1n) is 20.2. The number of H-pyrrole nitrogens is 1. The van der Waals surface area contributed by atoms with Crippen LogP contribution < -0.4 is 15.7 Å². The normalized spacial score (nSPS) is 22.9. The Labute approximate surface area is 338 Å². The zero-order chi connectivity index (χ0) is 41.2. The summed E-state index contributed by atoms with van der Waals surface area (Å²) in [7, 11) is 0. The van der Waals surface area contributed by atoms with Gasteiger partial charge in [0.15, 0.2) is 6.04 Å². The number of aromatic nitrogens is 2. The van der Waals surface area contributed by atoms with E-state index >= 15 is 0 Å². The van der Waals surface area contributed by atoms with Crippen molar-refractivity contribution in [3.05, 3.63) is 114 Å². The van der Waals surface area contributed by atoms with Gasteiger partial charge in [-0.25, -0.2) is 9.78 Å². The van der Waals surface area contributed by atoms with Gasteiger partial charge in [-0.2, -0.15) is 5.21 Å². The summed E-state index contributed by atoms with van der Waals surface area (Å²) >= 11 is 0.